The van der Waals surface area contributed by atoms with Crippen molar-refractivity contribution in [2.45, 2.75) is 20.0 Å². The van der Waals surface area contributed by atoms with Crippen molar-refractivity contribution < 1.29 is 9.90 Å². The molecule has 1 rings (SSSR count). The first-order chi connectivity index (χ1) is 8.04. The third kappa shape index (κ3) is 4.24. The lowest BCUT2D eigenvalue weighted by Crippen LogP contribution is -2.21. The van der Waals surface area contributed by atoms with Crippen LogP contribution < -0.4 is 10.6 Å². The number of aliphatic hydroxyl groups is 1. The Morgan fingerprint density at radius 1 is 1.47 bits per heavy atom. The summed E-state index contributed by atoms with van der Waals surface area (Å²) in [5.41, 5.74) is 2.58. The molecular formula is C12H17ClN2O2. The van der Waals surface area contributed by atoms with Gasteiger partial charge in [-0.15, -0.1) is 11.6 Å². The Bertz CT molecular complexity index is 396. The Balaban J connectivity index is 2.76. The highest BCUT2D eigenvalue weighted by Crippen LogP contribution is 2.23. The molecule has 1 unspecified atom stereocenters. The van der Waals surface area contributed by atoms with Gasteiger partial charge in [0, 0.05) is 24.8 Å². The quantitative estimate of drug-likeness (QED) is 0.706. The number of hydrogen-bond acceptors (Lipinski definition) is 3. The van der Waals surface area contributed by atoms with Crippen LogP contribution >= 0.6 is 11.6 Å². The van der Waals surface area contributed by atoms with Crippen molar-refractivity contribution >= 4 is 28.9 Å². The molecule has 3 N–H and O–H groups in total. The van der Waals surface area contributed by atoms with Gasteiger partial charge >= 0.3 is 0 Å². The molecule has 0 fully saturated rings. The van der Waals surface area contributed by atoms with Crippen LogP contribution in [0.25, 0.3) is 0 Å². The molecule has 1 aromatic carbocycles. The highest BCUT2D eigenvalue weighted by atomic mass is 35.5. The molecule has 1 atom stereocenters. The van der Waals surface area contributed by atoms with E-state index in [1.165, 1.54) is 6.92 Å². The van der Waals surface area contributed by atoms with Crippen molar-refractivity contribution in [3.8, 4) is 0 Å². The Morgan fingerprint density at radius 2 is 2.12 bits per heavy atom. The lowest BCUT2D eigenvalue weighted by atomic mass is 10.1. The van der Waals surface area contributed by atoms with Gasteiger partial charge in [-0.05, 0) is 24.6 Å². The number of carbonyl (C=O) groups excluding carboxylic acids is 1. The van der Waals surface area contributed by atoms with Crippen LogP contribution in [-0.2, 0) is 4.79 Å². The zero-order valence-corrected chi connectivity index (χ0v) is 10.7. The van der Waals surface area contributed by atoms with Gasteiger partial charge in [0.1, 0.15) is 0 Å². The van der Waals surface area contributed by atoms with Crippen molar-refractivity contribution in [2.75, 3.05) is 23.1 Å². The number of nitrogens with one attached hydrogen (secondary N) is 2. The van der Waals surface area contributed by atoms with E-state index in [1.807, 2.05) is 25.1 Å². The van der Waals surface area contributed by atoms with Crippen LogP contribution in [-0.4, -0.2) is 29.5 Å². The number of anilines is 2. The molecule has 5 heteroatoms. The van der Waals surface area contributed by atoms with Gasteiger partial charge in [0.25, 0.3) is 0 Å². The van der Waals surface area contributed by atoms with E-state index in [4.69, 9.17) is 11.6 Å². The maximum Gasteiger partial charge on any atom is 0.221 e. The molecule has 0 aliphatic rings. The Hall–Kier alpha value is -1.26. The van der Waals surface area contributed by atoms with Gasteiger partial charge in [-0.3, -0.25) is 4.79 Å². The second-order valence-electron chi connectivity index (χ2n) is 3.85. The summed E-state index contributed by atoms with van der Waals surface area (Å²) in [6, 6.07) is 5.56. The van der Waals surface area contributed by atoms with Crippen LogP contribution in [0.5, 0.6) is 0 Å². The van der Waals surface area contributed by atoms with Gasteiger partial charge in [-0.25, -0.2) is 0 Å². The van der Waals surface area contributed by atoms with Crippen molar-refractivity contribution in [1.29, 1.82) is 0 Å². The largest absolute Gasteiger partial charge is 0.390 e. The van der Waals surface area contributed by atoms with Crippen molar-refractivity contribution in [1.82, 2.24) is 0 Å². The molecule has 0 heterocycles. The van der Waals surface area contributed by atoms with Crippen LogP contribution in [0.3, 0.4) is 0 Å². The van der Waals surface area contributed by atoms with E-state index < -0.39 is 6.10 Å². The summed E-state index contributed by atoms with van der Waals surface area (Å²) in [6.07, 6.45) is -0.583. The molecule has 0 spiro atoms. The second kappa shape index (κ2) is 6.47. The lowest BCUT2D eigenvalue weighted by Gasteiger charge is -2.15. The number of carbonyl (C=O) groups is 1. The van der Waals surface area contributed by atoms with Gasteiger partial charge in [0.15, 0.2) is 0 Å². The maximum atomic E-state index is 11.0. The minimum absolute atomic E-state index is 0.106. The maximum absolute atomic E-state index is 11.0. The van der Waals surface area contributed by atoms with Gasteiger partial charge in [-0.1, -0.05) is 6.07 Å². The smallest absolute Gasteiger partial charge is 0.221 e. The molecular weight excluding hydrogens is 240 g/mol. The summed E-state index contributed by atoms with van der Waals surface area (Å²) in [4.78, 5) is 11.0. The van der Waals surface area contributed by atoms with Crippen molar-refractivity contribution in [3.05, 3.63) is 23.8 Å². The average molecular weight is 257 g/mol. The number of halogens is 1. The molecule has 94 valence electrons. The first kappa shape index (κ1) is 13.8. The predicted molar refractivity (Wildman–Crippen MR) is 70.7 cm³/mol. The normalized spacial score (nSPS) is 12.0. The lowest BCUT2D eigenvalue weighted by molar-refractivity contribution is -0.114. The molecule has 1 aromatic rings. The molecule has 0 aromatic heterocycles. The fourth-order valence-corrected chi connectivity index (χ4v) is 1.54. The molecule has 0 saturated carbocycles. The average Bonchev–Trinajstić information content (AvgIpc) is 2.29. The molecule has 0 saturated heterocycles. The highest BCUT2D eigenvalue weighted by molar-refractivity contribution is 6.18. The summed E-state index contributed by atoms with van der Waals surface area (Å²) in [6.45, 7) is 3.76. The van der Waals surface area contributed by atoms with Gasteiger partial charge in [0.05, 0.1) is 12.0 Å². The summed E-state index contributed by atoms with van der Waals surface area (Å²) < 4.78 is 0. The van der Waals surface area contributed by atoms with E-state index in [-0.39, 0.29) is 11.8 Å². The van der Waals surface area contributed by atoms with E-state index in [0.29, 0.717) is 6.54 Å². The Morgan fingerprint density at radius 3 is 2.71 bits per heavy atom. The number of alkyl halides is 1. The van der Waals surface area contributed by atoms with Gasteiger partial charge in [-0.2, -0.15) is 0 Å². The van der Waals surface area contributed by atoms with Crippen LogP contribution in [0, 0.1) is 6.92 Å². The SMILES string of the molecule is CC(=O)Nc1cccc(NCC(O)CCl)c1C. The van der Waals surface area contributed by atoms with Crippen LogP contribution in [0.4, 0.5) is 11.4 Å². The van der Waals surface area contributed by atoms with E-state index in [1.54, 1.807) is 0 Å². The van der Waals surface area contributed by atoms with E-state index in [9.17, 15) is 9.90 Å². The Kier molecular flexibility index (Phi) is 5.25. The van der Waals surface area contributed by atoms with Crippen LogP contribution in [0.2, 0.25) is 0 Å². The first-order valence-corrected chi connectivity index (χ1v) is 5.93. The minimum atomic E-state index is -0.583. The molecule has 0 aliphatic heterocycles. The van der Waals surface area contributed by atoms with Crippen molar-refractivity contribution in [2.24, 2.45) is 0 Å². The Labute approximate surface area is 106 Å². The van der Waals surface area contributed by atoms with E-state index >= 15 is 0 Å². The van der Waals surface area contributed by atoms with Crippen LogP contribution in [0.1, 0.15) is 12.5 Å². The first-order valence-electron chi connectivity index (χ1n) is 5.39. The summed E-state index contributed by atoms with van der Waals surface area (Å²) in [5.74, 6) is 0.0864. The number of aliphatic hydroxyl groups excluding tert-OH is 1. The molecule has 0 radical (unpaired) electrons. The van der Waals surface area contributed by atoms with Gasteiger partial charge < -0.3 is 15.7 Å². The van der Waals surface area contributed by atoms with Gasteiger partial charge in [0.2, 0.25) is 5.91 Å². The van der Waals surface area contributed by atoms with Crippen LogP contribution in [0.15, 0.2) is 18.2 Å². The number of benzene rings is 1. The third-order valence-corrected chi connectivity index (χ3v) is 2.71. The summed E-state index contributed by atoms with van der Waals surface area (Å²) in [7, 11) is 0. The minimum Gasteiger partial charge on any atom is -0.390 e. The van der Waals surface area contributed by atoms with E-state index in [2.05, 4.69) is 10.6 Å². The molecule has 1 amide bonds. The molecule has 0 bridgehead atoms. The second-order valence-corrected chi connectivity index (χ2v) is 4.16. The fraction of sp³-hybridized carbons (Fsp3) is 0.417. The zero-order valence-electron chi connectivity index (χ0n) is 9.96. The fourth-order valence-electron chi connectivity index (χ4n) is 1.43. The molecule has 0 aliphatic carbocycles. The topological polar surface area (TPSA) is 61.4 Å². The zero-order chi connectivity index (χ0) is 12.8. The number of amides is 1. The van der Waals surface area contributed by atoms with Crippen molar-refractivity contribution in [3.63, 3.8) is 0 Å². The summed E-state index contributed by atoms with van der Waals surface area (Å²) >= 11 is 5.51. The summed E-state index contributed by atoms with van der Waals surface area (Å²) in [5, 5.41) is 15.2. The molecule has 17 heavy (non-hydrogen) atoms. The predicted octanol–water partition coefficient (Wildman–Crippen LogP) is 1.97. The highest BCUT2D eigenvalue weighted by Gasteiger charge is 2.06. The molecule has 4 nitrogen and oxygen atoms in total. The number of rotatable bonds is 5. The monoisotopic (exact) mass is 256 g/mol. The van der Waals surface area contributed by atoms with E-state index in [0.717, 1.165) is 16.9 Å². The number of hydrogen-bond donors (Lipinski definition) is 3. The third-order valence-electron chi connectivity index (χ3n) is 2.35. The standard InChI is InChI=1S/C12H17ClN2O2/c1-8-11(14-7-10(17)6-13)4-3-5-12(8)15-9(2)16/h3-5,10,14,17H,6-7H2,1-2H3,(H,15,16).